The number of carbonyl (C=O) groups is 1. The zero-order chi connectivity index (χ0) is 20.4. The van der Waals surface area contributed by atoms with Crippen molar-refractivity contribution in [3.8, 4) is 5.88 Å². The van der Waals surface area contributed by atoms with Crippen molar-refractivity contribution >= 4 is 28.4 Å². The average Bonchev–Trinajstić information content (AvgIpc) is 3.49. The van der Waals surface area contributed by atoms with Crippen LogP contribution in [0.2, 0.25) is 0 Å². The Bertz CT molecular complexity index is 1030. The molecule has 9 heteroatoms. The highest BCUT2D eigenvalue weighted by molar-refractivity contribution is 6.17. The van der Waals surface area contributed by atoms with Gasteiger partial charge in [-0.2, -0.15) is 0 Å². The van der Waals surface area contributed by atoms with Gasteiger partial charge in [0.25, 0.3) is 5.91 Å². The summed E-state index contributed by atoms with van der Waals surface area (Å²) in [6.07, 6.45) is 3.22. The third-order valence-electron chi connectivity index (χ3n) is 4.75. The van der Waals surface area contributed by atoms with Gasteiger partial charge in [-0.05, 0) is 30.5 Å². The van der Waals surface area contributed by atoms with E-state index in [0.29, 0.717) is 23.3 Å². The Balaban J connectivity index is 1.75. The second-order valence-corrected chi connectivity index (χ2v) is 6.86. The molecular formula is C20H22FN5O3. The molecule has 1 aromatic carbocycles. The van der Waals surface area contributed by atoms with Crippen molar-refractivity contribution in [2.75, 3.05) is 31.4 Å². The molecule has 0 aliphatic heterocycles. The first-order chi connectivity index (χ1) is 14.1. The number of ether oxygens (including phenoxy) is 2. The van der Waals surface area contributed by atoms with E-state index in [1.165, 1.54) is 6.33 Å². The average molecular weight is 399 g/mol. The maximum absolute atomic E-state index is 13.2. The predicted molar refractivity (Wildman–Crippen MR) is 107 cm³/mol. The van der Waals surface area contributed by atoms with Crippen LogP contribution in [0.3, 0.4) is 0 Å². The van der Waals surface area contributed by atoms with Crippen molar-refractivity contribution < 1.29 is 18.7 Å². The number of amides is 1. The molecule has 3 N–H and O–H groups in total. The molecule has 0 spiro atoms. The number of carbonyl (C=O) groups excluding carboxylic acids is 1. The van der Waals surface area contributed by atoms with Gasteiger partial charge in [0.15, 0.2) is 0 Å². The van der Waals surface area contributed by atoms with E-state index in [0.717, 1.165) is 18.4 Å². The predicted octanol–water partition coefficient (Wildman–Crippen LogP) is 3.10. The number of rotatable bonds is 8. The Labute approximate surface area is 166 Å². The number of alkyl halides is 1. The zero-order valence-corrected chi connectivity index (χ0v) is 16.0. The van der Waals surface area contributed by atoms with Gasteiger partial charge in [0, 0.05) is 18.8 Å². The highest BCUT2D eigenvalue weighted by Crippen LogP contribution is 2.45. The fourth-order valence-corrected chi connectivity index (χ4v) is 3.34. The second kappa shape index (κ2) is 8.04. The molecule has 3 aromatic rings. The summed E-state index contributed by atoms with van der Waals surface area (Å²) in [6.45, 7) is -0.351. The fraction of sp³-hybridized carbons (Fsp3) is 0.350. The van der Waals surface area contributed by atoms with E-state index < -0.39 is 12.6 Å². The topological polar surface area (TPSA) is 104 Å². The smallest absolute Gasteiger partial charge is 0.261 e. The van der Waals surface area contributed by atoms with Gasteiger partial charge in [-0.1, -0.05) is 12.1 Å². The lowest BCUT2D eigenvalue weighted by molar-refractivity contribution is 0.102. The minimum atomic E-state index is -0.671. The van der Waals surface area contributed by atoms with Gasteiger partial charge < -0.3 is 20.5 Å². The summed E-state index contributed by atoms with van der Waals surface area (Å²) in [5.74, 6) is 0.0465. The Morgan fingerprint density at radius 2 is 2.07 bits per heavy atom. The SMILES string of the molecule is COCc1ccc(NC(=O)c2c(OCCF)n(C3CC3)c3ncnc(N)c23)cc1. The standard InChI is InChI=1S/C20H22FN5O3/c1-28-10-12-2-4-13(5-3-12)25-19(27)16-15-17(22)23-11-24-18(15)26(14-6-7-14)20(16)29-9-8-21/h2-5,11,14H,6-10H2,1H3,(H,25,27)(H2,22,23,24). The molecule has 0 saturated heterocycles. The molecule has 1 aliphatic rings. The van der Waals surface area contributed by atoms with E-state index >= 15 is 0 Å². The van der Waals surface area contributed by atoms with Crippen LogP contribution in [0, 0.1) is 0 Å². The van der Waals surface area contributed by atoms with Gasteiger partial charge in [0.1, 0.15) is 36.6 Å². The zero-order valence-electron chi connectivity index (χ0n) is 16.0. The maximum Gasteiger partial charge on any atom is 0.261 e. The number of fused-ring (bicyclic) bond motifs is 1. The number of benzene rings is 1. The van der Waals surface area contributed by atoms with Gasteiger partial charge in [-0.15, -0.1) is 0 Å². The van der Waals surface area contributed by atoms with Crippen LogP contribution < -0.4 is 15.8 Å². The van der Waals surface area contributed by atoms with Crippen LogP contribution in [0.25, 0.3) is 11.0 Å². The van der Waals surface area contributed by atoms with Crippen LogP contribution in [0.5, 0.6) is 5.88 Å². The van der Waals surface area contributed by atoms with Crippen LogP contribution >= 0.6 is 0 Å². The Hall–Kier alpha value is -3.20. The van der Waals surface area contributed by atoms with E-state index in [1.54, 1.807) is 19.2 Å². The monoisotopic (exact) mass is 399 g/mol. The lowest BCUT2D eigenvalue weighted by Crippen LogP contribution is -2.15. The van der Waals surface area contributed by atoms with E-state index in [2.05, 4.69) is 15.3 Å². The normalized spacial score (nSPS) is 13.6. The molecule has 29 heavy (non-hydrogen) atoms. The van der Waals surface area contributed by atoms with E-state index in [-0.39, 0.29) is 29.9 Å². The molecule has 0 bridgehead atoms. The van der Waals surface area contributed by atoms with Crippen molar-refractivity contribution in [3.05, 3.63) is 41.7 Å². The first-order valence-corrected chi connectivity index (χ1v) is 9.36. The van der Waals surface area contributed by atoms with Gasteiger partial charge in [0.05, 0.1) is 12.0 Å². The first kappa shape index (κ1) is 19.1. The minimum absolute atomic E-state index is 0.149. The van der Waals surface area contributed by atoms with Crippen molar-refractivity contribution in [2.45, 2.75) is 25.5 Å². The number of nitrogen functional groups attached to an aromatic ring is 1. The molecule has 1 amide bonds. The number of aromatic nitrogens is 3. The van der Waals surface area contributed by atoms with Crippen LogP contribution in [0.15, 0.2) is 30.6 Å². The summed E-state index contributed by atoms with van der Waals surface area (Å²) in [4.78, 5) is 21.5. The molecule has 2 heterocycles. The molecule has 0 atom stereocenters. The number of hydrogen-bond acceptors (Lipinski definition) is 6. The van der Waals surface area contributed by atoms with Crippen LogP contribution in [-0.2, 0) is 11.3 Å². The second-order valence-electron chi connectivity index (χ2n) is 6.86. The maximum atomic E-state index is 13.2. The van der Waals surface area contributed by atoms with Gasteiger partial charge in [0.2, 0.25) is 5.88 Å². The van der Waals surface area contributed by atoms with Crippen molar-refractivity contribution in [2.24, 2.45) is 0 Å². The minimum Gasteiger partial charge on any atom is -0.475 e. The molecule has 152 valence electrons. The number of halogens is 1. The van der Waals surface area contributed by atoms with E-state index in [9.17, 15) is 9.18 Å². The number of anilines is 2. The Kier molecular flexibility index (Phi) is 5.30. The number of hydrogen-bond donors (Lipinski definition) is 2. The molecule has 1 fully saturated rings. The summed E-state index contributed by atoms with van der Waals surface area (Å²) in [7, 11) is 1.62. The quantitative estimate of drug-likeness (QED) is 0.603. The summed E-state index contributed by atoms with van der Waals surface area (Å²) in [5.41, 5.74) is 8.42. The lowest BCUT2D eigenvalue weighted by Gasteiger charge is -2.12. The summed E-state index contributed by atoms with van der Waals surface area (Å²) < 4.78 is 25.4. The summed E-state index contributed by atoms with van der Waals surface area (Å²) in [5, 5.41) is 3.28. The number of nitrogens with two attached hydrogens (primary N) is 1. The first-order valence-electron chi connectivity index (χ1n) is 9.36. The van der Waals surface area contributed by atoms with Crippen LogP contribution in [0.1, 0.15) is 34.8 Å². The fourth-order valence-electron chi connectivity index (χ4n) is 3.34. The third-order valence-corrected chi connectivity index (χ3v) is 4.75. The van der Waals surface area contributed by atoms with E-state index in [1.807, 2.05) is 16.7 Å². The summed E-state index contributed by atoms with van der Waals surface area (Å²) in [6, 6.07) is 7.45. The van der Waals surface area contributed by atoms with E-state index in [4.69, 9.17) is 15.2 Å². The molecule has 2 aromatic heterocycles. The molecule has 4 rings (SSSR count). The Morgan fingerprint density at radius 1 is 1.31 bits per heavy atom. The van der Waals surface area contributed by atoms with Gasteiger partial charge in [-0.25, -0.2) is 14.4 Å². The number of nitrogens with one attached hydrogen (secondary N) is 1. The van der Waals surface area contributed by atoms with Crippen LogP contribution in [0.4, 0.5) is 15.9 Å². The highest BCUT2D eigenvalue weighted by atomic mass is 19.1. The number of nitrogens with zero attached hydrogens (tertiary/aromatic N) is 3. The molecule has 1 aliphatic carbocycles. The number of methoxy groups -OCH3 is 1. The van der Waals surface area contributed by atoms with Gasteiger partial charge in [-0.3, -0.25) is 9.36 Å². The molecule has 1 saturated carbocycles. The van der Waals surface area contributed by atoms with Crippen LogP contribution in [-0.4, -0.2) is 40.8 Å². The highest BCUT2D eigenvalue weighted by Gasteiger charge is 2.35. The Morgan fingerprint density at radius 3 is 2.72 bits per heavy atom. The molecular weight excluding hydrogens is 377 g/mol. The van der Waals surface area contributed by atoms with Crippen molar-refractivity contribution in [1.29, 1.82) is 0 Å². The largest absolute Gasteiger partial charge is 0.475 e. The third kappa shape index (κ3) is 3.73. The lowest BCUT2D eigenvalue weighted by atomic mass is 10.2. The molecule has 0 unspecified atom stereocenters. The molecule has 8 nitrogen and oxygen atoms in total. The van der Waals surface area contributed by atoms with Gasteiger partial charge >= 0.3 is 0 Å². The summed E-state index contributed by atoms with van der Waals surface area (Å²) >= 11 is 0. The van der Waals surface area contributed by atoms with Crippen molar-refractivity contribution in [1.82, 2.24) is 14.5 Å². The molecule has 0 radical (unpaired) electrons. The van der Waals surface area contributed by atoms with Crippen molar-refractivity contribution in [3.63, 3.8) is 0 Å².